The number of anilines is 1. The van der Waals surface area contributed by atoms with E-state index in [4.69, 9.17) is 10.5 Å². The lowest BCUT2D eigenvalue weighted by atomic mass is 10.2. The molecule has 0 spiro atoms. The number of fused-ring (bicyclic) bond motifs is 1. The number of hydrogen-bond acceptors (Lipinski definition) is 4. The van der Waals surface area contributed by atoms with Gasteiger partial charge in [-0.3, -0.25) is 9.67 Å². The molecular formula is C15H16N4O. The quantitative estimate of drug-likeness (QED) is 0.722. The molecule has 5 nitrogen and oxygen atoms in total. The topological polar surface area (TPSA) is 66.0 Å². The second kappa shape index (κ2) is 5.61. The van der Waals surface area contributed by atoms with Crippen LogP contribution in [-0.4, -0.2) is 21.4 Å². The van der Waals surface area contributed by atoms with Crippen molar-refractivity contribution in [2.24, 2.45) is 0 Å². The van der Waals surface area contributed by atoms with E-state index in [-0.39, 0.29) is 0 Å². The van der Waals surface area contributed by atoms with E-state index in [9.17, 15) is 0 Å². The van der Waals surface area contributed by atoms with Crippen LogP contribution in [0.3, 0.4) is 0 Å². The Morgan fingerprint density at radius 3 is 2.95 bits per heavy atom. The smallest absolute Gasteiger partial charge is 0.145 e. The number of aryl methyl sites for hydroxylation is 1. The summed E-state index contributed by atoms with van der Waals surface area (Å²) in [5.41, 5.74) is 6.51. The largest absolute Gasteiger partial charge is 0.493 e. The molecule has 0 bridgehead atoms. The number of nitrogens with two attached hydrogens (primary N) is 1. The van der Waals surface area contributed by atoms with Crippen molar-refractivity contribution >= 4 is 16.7 Å². The number of benzene rings is 1. The van der Waals surface area contributed by atoms with Crippen molar-refractivity contribution in [3.8, 4) is 5.75 Å². The fourth-order valence-corrected chi connectivity index (χ4v) is 2.11. The molecule has 3 aromatic rings. The summed E-state index contributed by atoms with van der Waals surface area (Å²) in [6, 6.07) is 11.6. The predicted octanol–water partition coefficient (Wildman–Crippen LogP) is 2.48. The number of ether oxygens (including phenoxy) is 1. The van der Waals surface area contributed by atoms with Crippen LogP contribution < -0.4 is 10.5 Å². The highest BCUT2D eigenvalue weighted by Gasteiger charge is 2.02. The Balaban J connectivity index is 1.60. The minimum Gasteiger partial charge on any atom is -0.493 e. The lowest BCUT2D eigenvalue weighted by Gasteiger charge is -2.08. The van der Waals surface area contributed by atoms with Gasteiger partial charge in [0.1, 0.15) is 11.6 Å². The first-order valence-electron chi connectivity index (χ1n) is 6.58. The molecule has 0 saturated heterocycles. The second-order valence-corrected chi connectivity index (χ2v) is 4.53. The molecule has 3 rings (SSSR count). The minimum atomic E-state index is 0.547. The Bertz CT molecular complexity index is 702. The van der Waals surface area contributed by atoms with E-state index in [1.807, 2.05) is 41.2 Å². The molecule has 0 aliphatic heterocycles. The van der Waals surface area contributed by atoms with Gasteiger partial charge in [0.15, 0.2) is 0 Å². The molecule has 2 N–H and O–H groups in total. The van der Waals surface area contributed by atoms with Gasteiger partial charge in [0.25, 0.3) is 0 Å². The normalized spacial score (nSPS) is 10.8. The summed E-state index contributed by atoms with van der Waals surface area (Å²) in [6.45, 7) is 1.42. The molecule has 0 unspecified atom stereocenters. The predicted molar refractivity (Wildman–Crippen MR) is 78.5 cm³/mol. The molecular weight excluding hydrogens is 252 g/mol. The molecule has 20 heavy (non-hydrogen) atoms. The second-order valence-electron chi connectivity index (χ2n) is 4.53. The molecule has 2 aromatic heterocycles. The minimum absolute atomic E-state index is 0.547. The van der Waals surface area contributed by atoms with Gasteiger partial charge in [-0.1, -0.05) is 6.07 Å². The summed E-state index contributed by atoms with van der Waals surface area (Å²) in [6.07, 6.45) is 4.53. The van der Waals surface area contributed by atoms with E-state index in [2.05, 4.69) is 10.1 Å². The summed E-state index contributed by atoms with van der Waals surface area (Å²) < 4.78 is 7.66. The molecule has 0 aliphatic carbocycles. The highest BCUT2D eigenvalue weighted by molar-refractivity contribution is 5.84. The lowest BCUT2D eigenvalue weighted by molar-refractivity contribution is 0.302. The first-order chi connectivity index (χ1) is 9.83. The van der Waals surface area contributed by atoms with E-state index in [0.29, 0.717) is 12.4 Å². The van der Waals surface area contributed by atoms with Crippen LogP contribution in [0.1, 0.15) is 6.42 Å². The molecule has 0 atom stereocenters. The fraction of sp³-hybridized carbons (Fsp3) is 0.200. The third kappa shape index (κ3) is 2.71. The lowest BCUT2D eigenvalue weighted by Crippen LogP contribution is -2.05. The number of nitrogen functional groups attached to an aromatic ring is 1. The van der Waals surface area contributed by atoms with Crippen LogP contribution in [0.5, 0.6) is 5.75 Å². The summed E-state index contributed by atoms with van der Waals surface area (Å²) in [4.78, 5) is 4.31. The van der Waals surface area contributed by atoms with Gasteiger partial charge in [-0.2, -0.15) is 5.10 Å². The van der Waals surface area contributed by atoms with E-state index < -0.39 is 0 Å². The Labute approximate surface area is 117 Å². The third-order valence-electron chi connectivity index (χ3n) is 3.06. The Kier molecular flexibility index (Phi) is 3.50. The van der Waals surface area contributed by atoms with Crippen LogP contribution in [0.15, 0.2) is 48.8 Å². The van der Waals surface area contributed by atoms with Crippen LogP contribution >= 0.6 is 0 Å². The van der Waals surface area contributed by atoms with Gasteiger partial charge in [0.2, 0.25) is 0 Å². The van der Waals surface area contributed by atoms with Crippen LogP contribution in [0.2, 0.25) is 0 Å². The van der Waals surface area contributed by atoms with Crippen molar-refractivity contribution in [1.82, 2.24) is 14.8 Å². The summed E-state index contributed by atoms with van der Waals surface area (Å²) in [7, 11) is 0. The van der Waals surface area contributed by atoms with Gasteiger partial charge in [0.05, 0.1) is 12.1 Å². The van der Waals surface area contributed by atoms with Gasteiger partial charge in [-0.25, -0.2) is 0 Å². The summed E-state index contributed by atoms with van der Waals surface area (Å²) >= 11 is 0. The van der Waals surface area contributed by atoms with Crippen molar-refractivity contribution in [3.63, 3.8) is 0 Å². The Hall–Kier alpha value is -2.56. The number of nitrogens with zero attached hydrogens (tertiary/aromatic N) is 3. The molecule has 2 heterocycles. The zero-order chi connectivity index (χ0) is 13.8. The number of pyridine rings is 1. The number of hydrogen-bond donors (Lipinski definition) is 1. The highest BCUT2D eigenvalue weighted by atomic mass is 16.5. The average Bonchev–Trinajstić information content (AvgIpc) is 2.89. The van der Waals surface area contributed by atoms with Crippen LogP contribution in [0, 0.1) is 0 Å². The Morgan fingerprint density at radius 2 is 2.10 bits per heavy atom. The average molecular weight is 268 g/mol. The van der Waals surface area contributed by atoms with Crippen molar-refractivity contribution in [1.29, 1.82) is 0 Å². The summed E-state index contributed by atoms with van der Waals surface area (Å²) in [5, 5.41) is 5.17. The summed E-state index contributed by atoms with van der Waals surface area (Å²) in [5.74, 6) is 1.42. The Morgan fingerprint density at radius 1 is 1.15 bits per heavy atom. The molecule has 0 radical (unpaired) electrons. The van der Waals surface area contributed by atoms with Crippen LogP contribution in [0.4, 0.5) is 5.82 Å². The molecule has 1 aromatic carbocycles. The molecule has 102 valence electrons. The first kappa shape index (κ1) is 12.5. The standard InChI is InChI=1S/C15H16N4O/c16-15-7-10-19(18-15)9-3-11-20-14-6-1-5-13-12(14)4-2-8-17-13/h1-2,4-8,10H,3,9,11H2,(H2,16,18). The first-order valence-corrected chi connectivity index (χ1v) is 6.58. The molecule has 5 heteroatoms. The maximum absolute atomic E-state index is 5.84. The maximum Gasteiger partial charge on any atom is 0.145 e. The molecule has 0 amide bonds. The monoisotopic (exact) mass is 268 g/mol. The molecule has 0 aliphatic rings. The van der Waals surface area contributed by atoms with Crippen molar-refractivity contribution in [2.45, 2.75) is 13.0 Å². The van der Waals surface area contributed by atoms with E-state index >= 15 is 0 Å². The zero-order valence-corrected chi connectivity index (χ0v) is 11.1. The zero-order valence-electron chi connectivity index (χ0n) is 11.1. The van der Waals surface area contributed by atoms with E-state index in [0.717, 1.165) is 29.6 Å². The van der Waals surface area contributed by atoms with E-state index in [1.165, 1.54) is 0 Å². The van der Waals surface area contributed by atoms with Gasteiger partial charge in [-0.15, -0.1) is 0 Å². The maximum atomic E-state index is 5.84. The highest BCUT2D eigenvalue weighted by Crippen LogP contribution is 2.23. The molecule has 0 fully saturated rings. The number of rotatable bonds is 5. The van der Waals surface area contributed by atoms with E-state index in [1.54, 1.807) is 12.3 Å². The van der Waals surface area contributed by atoms with Crippen LogP contribution in [-0.2, 0) is 6.54 Å². The number of aromatic nitrogens is 3. The SMILES string of the molecule is Nc1ccn(CCCOc2cccc3ncccc23)n1. The van der Waals surface area contributed by atoms with Gasteiger partial charge in [0, 0.05) is 30.7 Å². The third-order valence-corrected chi connectivity index (χ3v) is 3.06. The fourth-order valence-electron chi connectivity index (χ4n) is 2.11. The van der Waals surface area contributed by atoms with Gasteiger partial charge >= 0.3 is 0 Å². The molecule has 0 saturated carbocycles. The van der Waals surface area contributed by atoms with Gasteiger partial charge < -0.3 is 10.5 Å². The van der Waals surface area contributed by atoms with Crippen molar-refractivity contribution in [2.75, 3.05) is 12.3 Å². The van der Waals surface area contributed by atoms with Gasteiger partial charge in [-0.05, 0) is 30.3 Å². The van der Waals surface area contributed by atoms with Crippen molar-refractivity contribution < 1.29 is 4.74 Å². The van der Waals surface area contributed by atoms with Crippen LogP contribution in [0.25, 0.3) is 10.9 Å². The van der Waals surface area contributed by atoms with Crippen molar-refractivity contribution in [3.05, 3.63) is 48.8 Å².